The zero-order valence-corrected chi connectivity index (χ0v) is 17.2. The van der Waals surface area contributed by atoms with Crippen LogP contribution in [0.3, 0.4) is 0 Å². The van der Waals surface area contributed by atoms with Gasteiger partial charge in [0.15, 0.2) is 0 Å². The van der Waals surface area contributed by atoms with Gasteiger partial charge in [0.1, 0.15) is 5.75 Å². The summed E-state index contributed by atoms with van der Waals surface area (Å²) in [5.41, 5.74) is 4.93. The molecule has 1 amide bonds. The third-order valence-electron chi connectivity index (χ3n) is 5.72. The van der Waals surface area contributed by atoms with E-state index in [0.29, 0.717) is 6.54 Å². The van der Waals surface area contributed by atoms with Crippen LogP contribution in [0.5, 0.6) is 5.75 Å². The Bertz CT molecular complexity index is 1050. The van der Waals surface area contributed by atoms with Crippen molar-refractivity contribution < 1.29 is 9.53 Å². The molecule has 0 saturated carbocycles. The molecule has 0 radical (unpaired) electrons. The number of aromatic nitrogens is 1. The minimum atomic E-state index is -0.0245. The van der Waals surface area contributed by atoms with Gasteiger partial charge >= 0.3 is 0 Å². The van der Waals surface area contributed by atoms with Crippen LogP contribution < -0.4 is 10.1 Å². The van der Waals surface area contributed by atoms with E-state index in [1.807, 2.05) is 56.6 Å². The molecule has 0 unspecified atom stereocenters. The lowest BCUT2D eigenvalue weighted by molar-refractivity contribution is 0.0942. The standard InChI is InChI=1S/C24H27N3O2/c1-27(2)21(18-10-5-7-14-22(18)29-3)15-25-24(28)23-16-9-4-6-12-19(16)26-20-13-8-11-17(20)23/h4-7,9-10,12,14,21H,8,11,13,15H2,1-3H3,(H,25,28)/t21-/m0/s1. The van der Waals surface area contributed by atoms with Crippen LogP contribution in [0.1, 0.15) is 39.6 Å². The van der Waals surface area contributed by atoms with E-state index < -0.39 is 0 Å². The van der Waals surface area contributed by atoms with Gasteiger partial charge in [-0.05, 0) is 51.1 Å². The lowest BCUT2D eigenvalue weighted by atomic mass is 10.00. The Hall–Kier alpha value is -2.92. The number of fused-ring (bicyclic) bond motifs is 2. The normalized spacial score (nSPS) is 14.1. The molecule has 1 atom stereocenters. The summed E-state index contributed by atoms with van der Waals surface area (Å²) in [6, 6.07) is 15.9. The number of pyridine rings is 1. The van der Waals surface area contributed by atoms with Crippen molar-refractivity contribution in [2.45, 2.75) is 25.3 Å². The van der Waals surface area contributed by atoms with Crippen LogP contribution >= 0.6 is 0 Å². The molecule has 29 heavy (non-hydrogen) atoms. The SMILES string of the molecule is COc1ccccc1[C@H](CNC(=O)c1c2c(nc3ccccc13)CCC2)N(C)C. The molecule has 2 aromatic carbocycles. The highest BCUT2D eigenvalue weighted by molar-refractivity contribution is 6.07. The van der Waals surface area contributed by atoms with Crippen LogP contribution in [-0.4, -0.2) is 43.5 Å². The van der Waals surface area contributed by atoms with Gasteiger partial charge in [0, 0.05) is 23.2 Å². The van der Waals surface area contributed by atoms with Gasteiger partial charge in [-0.15, -0.1) is 0 Å². The highest BCUT2D eigenvalue weighted by atomic mass is 16.5. The zero-order chi connectivity index (χ0) is 20.4. The highest BCUT2D eigenvalue weighted by Crippen LogP contribution is 2.31. The van der Waals surface area contributed by atoms with Crippen molar-refractivity contribution in [1.29, 1.82) is 0 Å². The quantitative estimate of drug-likeness (QED) is 0.697. The van der Waals surface area contributed by atoms with E-state index >= 15 is 0 Å². The number of para-hydroxylation sites is 2. The molecule has 1 aromatic heterocycles. The van der Waals surface area contributed by atoms with Gasteiger partial charge < -0.3 is 15.0 Å². The third-order valence-corrected chi connectivity index (χ3v) is 5.72. The Kier molecular flexibility index (Phi) is 5.49. The van der Waals surface area contributed by atoms with Crippen molar-refractivity contribution in [1.82, 2.24) is 15.2 Å². The predicted molar refractivity (Wildman–Crippen MR) is 116 cm³/mol. The second-order valence-corrected chi connectivity index (χ2v) is 7.71. The van der Waals surface area contributed by atoms with Crippen molar-refractivity contribution >= 4 is 16.8 Å². The number of amides is 1. The number of ether oxygens (including phenoxy) is 1. The summed E-state index contributed by atoms with van der Waals surface area (Å²) in [7, 11) is 5.71. The van der Waals surface area contributed by atoms with Gasteiger partial charge in [0.25, 0.3) is 5.91 Å². The van der Waals surface area contributed by atoms with Crippen LogP contribution in [0.25, 0.3) is 10.9 Å². The number of benzene rings is 2. The van der Waals surface area contributed by atoms with Gasteiger partial charge in [0.2, 0.25) is 0 Å². The van der Waals surface area contributed by atoms with Crippen molar-refractivity contribution in [3.8, 4) is 5.75 Å². The van der Waals surface area contributed by atoms with Gasteiger partial charge in [-0.3, -0.25) is 9.78 Å². The summed E-state index contributed by atoms with van der Waals surface area (Å²) in [5, 5.41) is 4.12. The van der Waals surface area contributed by atoms with Crippen LogP contribution in [0, 0.1) is 0 Å². The Morgan fingerprint density at radius 3 is 2.69 bits per heavy atom. The maximum Gasteiger partial charge on any atom is 0.252 e. The van der Waals surface area contributed by atoms with Crippen molar-refractivity contribution in [3.05, 3.63) is 70.9 Å². The molecule has 0 fully saturated rings. The number of hydrogen-bond acceptors (Lipinski definition) is 4. The zero-order valence-electron chi connectivity index (χ0n) is 17.2. The molecular formula is C24H27N3O2. The Morgan fingerprint density at radius 2 is 1.90 bits per heavy atom. The smallest absolute Gasteiger partial charge is 0.252 e. The molecule has 150 valence electrons. The maximum absolute atomic E-state index is 13.3. The molecule has 1 heterocycles. The van der Waals surface area contributed by atoms with Crippen LogP contribution in [0.2, 0.25) is 0 Å². The minimum Gasteiger partial charge on any atom is -0.496 e. The molecule has 1 aliphatic carbocycles. The Balaban J connectivity index is 1.65. The number of aryl methyl sites for hydroxylation is 1. The van der Waals surface area contributed by atoms with E-state index in [9.17, 15) is 4.79 Å². The van der Waals surface area contributed by atoms with E-state index in [1.165, 1.54) is 0 Å². The van der Waals surface area contributed by atoms with Crippen molar-refractivity contribution in [2.75, 3.05) is 27.7 Å². The molecular weight excluding hydrogens is 362 g/mol. The molecule has 0 bridgehead atoms. The average molecular weight is 389 g/mol. The summed E-state index contributed by atoms with van der Waals surface area (Å²) in [6.45, 7) is 0.498. The number of nitrogens with zero attached hydrogens (tertiary/aromatic N) is 2. The summed E-state index contributed by atoms with van der Waals surface area (Å²) in [6.07, 6.45) is 2.92. The lowest BCUT2D eigenvalue weighted by Crippen LogP contribution is -2.35. The second kappa shape index (κ2) is 8.21. The van der Waals surface area contributed by atoms with Crippen LogP contribution in [0.4, 0.5) is 0 Å². The fourth-order valence-electron chi connectivity index (χ4n) is 4.26. The van der Waals surface area contributed by atoms with Crippen molar-refractivity contribution in [3.63, 3.8) is 0 Å². The Labute approximate surface area is 171 Å². The Morgan fingerprint density at radius 1 is 1.14 bits per heavy atom. The molecule has 1 aliphatic rings. The molecule has 5 heteroatoms. The van der Waals surface area contributed by atoms with Crippen molar-refractivity contribution in [2.24, 2.45) is 0 Å². The van der Waals surface area contributed by atoms with Gasteiger partial charge in [-0.1, -0.05) is 36.4 Å². The fourth-order valence-corrected chi connectivity index (χ4v) is 4.26. The monoisotopic (exact) mass is 389 g/mol. The molecule has 0 saturated heterocycles. The summed E-state index contributed by atoms with van der Waals surface area (Å²) in [5.74, 6) is 0.805. The minimum absolute atomic E-state index is 0.0104. The van der Waals surface area contributed by atoms with E-state index in [0.717, 1.165) is 58.3 Å². The summed E-state index contributed by atoms with van der Waals surface area (Å²) in [4.78, 5) is 20.2. The number of carbonyl (C=O) groups excluding carboxylic acids is 1. The third kappa shape index (κ3) is 3.70. The first-order valence-electron chi connectivity index (χ1n) is 10.1. The summed E-state index contributed by atoms with van der Waals surface area (Å²) >= 11 is 0. The number of nitrogens with one attached hydrogen (secondary N) is 1. The molecule has 3 aromatic rings. The van der Waals surface area contributed by atoms with E-state index in [2.05, 4.69) is 16.3 Å². The summed E-state index contributed by atoms with van der Waals surface area (Å²) < 4.78 is 5.54. The van der Waals surface area contributed by atoms with Gasteiger partial charge in [-0.2, -0.15) is 0 Å². The first-order valence-corrected chi connectivity index (χ1v) is 10.1. The highest BCUT2D eigenvalue weighted by Gasteiger charge is 2.25. The van der Waals surface area contributed by atoms with E-state index in [1.54, 1.807) is 7.11 Å². The number of hydrogen-bond donors (Lipinski definition) is 1. The first-order chi connectivity index (χ1) is 14.1. The molecule has 4 rings (SSSR count). The number of rotatable bonds is 6. The number of carbonyl (C=O) groups is 1. The molecule has 1 N–H and O–H groups in total. The maximum atomic E-state index is 13.3. The topological polar surface area (TPSA) is 54.5 Å². The second-order valence-electron chi connectivity index (χ2n) is 7.71. The molecule has 0 aliphatic heterocycles. The number of methoxy groups -OCH3 is 1. The van der Waals surface area contributed by atoms with Gasteiger partial charge in [0.05, 0.1) is 24.2 Å². The van der Waals surface area contributed by atoms with Crippen LogP contribution in [-0.2, 0) is 12.8 Å². The first kappa shape index (κ1) is 19.4. The van der Waals surface area contributed by atoms with E-state index in [-0.39, 0.29) is 11.9 Å². The van der Waals surface area contributed by atoms with E-state index in [4.69, 9.17) is 9.72 Å². The number of likely N-dealkylation sites (N-methyl/N-ethyl adjacent to an activating group) is 1. The van der Waals surface area contributed by atoms with Crippen LogP contribution in [0.15, 0.2) is 48.5 Å². The molecule has 5 nitrogen and oxygen atoms in total. The lowest BCUT2D eigenvalue weighted by Gasteiger charge is -2.27. The average Bonchev–Trinajstić information content (AvgIpc) is 3.20. The molecule has 0 spiro atoms. The fraction of sp³-hybridized carbons (Fsp3) is 0.333. The predicted octanol–water partition coefficient (Wildman–Crippen LogP) is 3.76. The van der Waals surface area contributed by atoms with Gasteiger partial charge in [-0.25, -0.2) is 0 Å². The largest absolute Gasteiger partial charge is 0.496 e.